The van der Waals surface area contributed by atoms with Crippen LogP contribution in [-0.2, 0) is 0 Å². The second-order valence-electron chi connectivity index (χ2n) is 4.45. The second kappa shape index (κ2) is 4.84. The maximum Gasteiger partial charge on any atom is 0.255 e. The Morgan fingerprint density at radius 3 is 2.67 bits per heavy atom. The monoisotopic (exact) mass is 252 g/mol. The van der Waals surface area contributed by atoms with Gasteiger partial charge in [-0.1, -0.05) is 0 Å². The van der Waals surface area contributed by atoms with E-state index in [1.807, 2.05) is 11.8 Å². The van der Waals surface area contributed by atoms with Crippen LogP contribution in [0.25, 0.3) is 0 Å². The van der Waals surface area contributed by atoms with Gasteiger partial charge in [0, 0.05) is 26.7 Å². The third-order valence-corrected chi connectivity index (χ3v) is 3.33. The van der Waals surface area contributed by atoms with Crippen LogP contribution in [0.3, 0.4) is 0 Å². The summed E-state index contributed by atoms with van der Waals surface area (Å²) in [5, 5.41) is 9.83. The van der Waals surface area contributed by atoms with E-state index in [1.165, 1.54) is 11.0 Å². The molecule has 0 aliphatic carbocycles. The Kier molecular flexibility index (Phi) is 3.41. The normalized spacial score (nSPS) is 14.3. The lowest BCUT2D eigenvalue weighted by molar-refractivity contribution is 0.0802. The third kappa shape index (κ3) is 2.00. The molecule has 98 valence electrons. The first-order chi connectivity index (χ1) is 8.56. The van der Waals surface area contributed by atoms with Crippen molar-refractivity contribution in [3.05, 3.63) is 23.5 Å². The van der Waals surface area contributed by atoms with Crippen LogP contribution in [0.15, 0.2) is 12.1 Å². The van der Waals surface area contributed by atoms with Gasteiger partial charge in [-0.05, 0) is 25.5 Å². The average molecular weight is 252 g/mol. The Bertz CT molecular complexity index is 472. The smallest absolute Gasteiger partial charge is 0.255 e. The summed E-state index contributed by atoms with van der Waals surface area (Å²) in [4.78, 5) is 15.5. The lowest BCUT2D eigenvalue weighted by atomic mass is 10.1. The molecule has 1 N–H and O–H groups in total. The molecule has 2 rings (SSSR count). The summed E-state index contributed by atoms with van der Waals surface area (Å²) >= 11 is 0. The highest BCUT2D eigenvalue weighted by atomic mass is 19.1. The molecular weight excluding hydrogens is 235 g/mol. The summed E-state index contributed by atoms with van der Waals surface area (Å²) in [6, 6.07) is 2.58. The van der Waals surface area contributed by atoms with Gasteiger partial charge in [-0.3, -0.25) is 4.79 Å². The van der Waals surface area contributed by atoms with Crippen molar-refractivity contribution in [2.75, 3.05) is 31.6 Å². The Hall–Kier alpha value is -1.78. The fourth-order valence-corrected chi connectivity index (χ4v) is 1.94. The summed E-state index contributed by atoms with van der Waals surface area (Å²) in [6.45, 7) is 3.92. The predicted molar refractivity (Wildman–Crippen MR) is 67.5 cm³/mol. The first kappa shape index (κ1) is 12.7. The molecule has 1 heterocycles. The fraction of sp³-hybridized carbons (Fsp3) is 0.462. The van der Waals surface area contributed by atoms with Crippen LogP contribution >= 0.6 is 0 Å². The van der Waals surface area contributed by atoms with Crippen molar-refractivity contribution in [1.29, 1.82) is 0 Å². The van der Waals surface area contributed by atoms with E-state index in [4.69, 9.17) is 0 Å². The number of hydrogen-bond acceptors (Lipinski definition) is 3. The van der Waals surface area contributed by atoms with E-state index in [2.05, 4.69) is 0 Å². The Labute approximate surface area is 106 Å². The zero-order chi connectivity index (χ0) is 13.3. The summed E-state index contributed by atoms with van der Waals surface area (Å²) in [7, 11) is 1.68. The van der Waals surface area contributed by atoms with E-state index < -0.39 is 11.6 Å². The van der Waals surface area contributed by atoms with Crippen molar-refractivity contribution < 1.29 is 14.3 Å². The lowest BCUT2D eigenvalue weighted by Gasteiger charge is -2.35. The van der Waals surface area contributed by atoms with Gasteiger partial charge in [0.15, 0.2) is 11.6 Å². The highest BCUT2D eigenvalue weighted by molar-refractivity contribution is 6.01. The van der Waals surface area contributed by atoms with Gasteiger partial charge in [0.1, 0.15) is 0 Å². The Morgan fingerprint density at radius 2 is 2.17 bits per heavy atom. The maximum atomic E-state index is 13.4. The number of benzene rings is 1. The van der Waals surface area contributed by atoms with Crippen molar-refractivity contribution in [1.82, 2.24) is 4.90 Å². The molecule has 1 fully saturated rings. The molecule has 1 aliphatic heterocycles. The second-order valence-corrected chi connectivity index (χ2v) is 4.45. The first-order valence-corrected chi connectivity index (χ1v) is 6.08. The van der Waals surface area contributed by atoms with Crippen LogP contribution in [0.1, 0.15) is 23.7 Å². The number of anilines is 1. The minimum absolute atomic E-state index is 0.199. The topological polar surface area (TPSA) is 43.8 Å². The molecule has 18 heavy (non-hydrogen) atoms. The first-order valence-electron chi connectivity index (χ1n) is 6.08. The molecule has 1 saturated heterocycles. The quantitative estimate of drug-likeness (QED) is 0.892. The summed E-state index contributed by atoms with van der Waals surface area (Å²) < 4.78 is 13.4. The molecule has 0 radical (unpaired) electrons. The summed E-state index contributed by atoms with van der Waals surface area (Å²) in [5.74, 6) is -1.31. The Balaban J connectivity index is 2.46. The standard InChI is InChI=1S/C13H17FN2O2/c1-3-15(2)13(18)9-5-6-10(14)12(17)11(9)16-7-4-8-16/h5-6,17H,3-4,7-8H2,1-2H3. The molecule has 1 amide bonds. The van der Waals surface area contributed by atoms with Gasteiger partial charge in [-0.25, -0.2) is 4.39 Å². The number of amides is 1. The van der Waals surface area contributed by atoms with Crippen LogP contribution in [0.5, 0.6) is 5.75 Å². The van der Waals surface area contributed by atoms with Gasteiger partial charge in [0.25, 0.3) is 5.91 Å². The van der Waals surface area contributed by atoms with Crippen LogP contribution in [0.2, 0.25) is 0 Å². The maximum absolute atomic E-state index is 13.4. The minimum Gasteiger partial charge on any atom is -0.503 e. The zero-order valence-electron chi connectivity index (χ0n) is 10.6. The number of nitrogens with zero attached hydrogens (tertiary/aromatic N) is 2. The number of phenolic OH excluding ortho intramolecular Hbond substituents is 1. The molecule has 0 saturated carbocycles. The number of aromatic hydroxyl groups is 1. The molecule has 1 aliphatic rings. The van der Waals surface area contributed by atoms with Gasteiger partial charge < -0.3 is 14.9 Å². The molecule has 4 nitrogen and oxygen atoms in total. The van der Waals surface area contributed by atoms with Crippen molar-refractivity contribution in [3.63, 3.8) is 0 Å². The summed E-state index contributed by atoms with van der Waals surface area (Å²) in [5.41, 5.74) is 0.685. The number of halogens is 1. The average Bonchev–Trinajstić information content (AvgIpc) is 2.31. The van der Waals surface area contributed by atoms with Gasteiger partial charge >= 0.3 is 0 Å². The molecule has 0 atom stereocenters. The van der Waals surface area contributed by atoms with Crippen molar-refractivity contribution in [2.45, 2.75) is 13.3 Å². The SMILES string of the molecule is CCN(C)C(=O)c1ccc(F)c(O)c1N1CCC1. The van der Waals surface area contributed by atoms with Crippen LogP contribution in [0.4, 0.5) is 10.1 Å². The zero-order valence-corrected chi connectivity index (χ0v) is 10.6. The van der Waals surface area contributed by atoms with Crippen LogP contribution < -0.4 is 4.90 Å². The number of rotatable bonds is 3. The summed E-state index contributed by atoms with van der Waals surface area (Å²) in [6.07, 6.45) is 0.993. The molecule has 0 unspecified atom stereocenters. The molecule has 0 aromatic heterocycles. The lowest BCUT2D eigenvalue weighted by Crippen LogP contribution is -2.39. The molecule has 0 spiro atoms. The minimum atomic E-state index is -0.687. The van der Waals surface area contributed by atoms with Crippen LogP contribution in [-0.4, -0.2) is 42.6 Å². The van der Waals surface area contributed by atoms with Gasteiger partial charge in [-0.15, -0.1) is 0 Å². The number of carbonyl (C=O) groups excluding carboxylic acids is 1. The molecular formula is C13H17FN2O2. The van der Waals surface area contributed by atoms with E-state index in [9.17, 15) is 14.3 Å². The van der Waals surface area contributed by atoms with Crippen molar-refractivity contribution in [2.24, 2.45) is 0 Å². The van der Waals surface area contributed by atoms with Gasteiger partial charge in [-0.2, -0.15) is 0 Å². The largest absolute Gasteiger partial charge is 0.503 e. The molecule has 5 heteroatoms. The number of carbonyl (C=O) groups is 1. The van der Waals surface area contributed by atoms with Gasteiger partial charge in [0.05, 0.1) is 11.3 Å². The highest BCUT2D eigenvalue weighted by Gasteiger charge is 2.27. The Morgan fingerprint density at radius 1 is 1.50 bits per heavy atom. The van der Waals surface area contributed by atoms with E-state index >= 15 is 0 Å². The van der Waals surface area contributed by atoms with Crippen molar-refractivity contribution >= 4 is 11.6 Å². The van der Waals surface area contributed by atoms with E-state index in [0.717, 1.165) is 25.6 Å². The third-order valence-electron chi connectivity index (χ3n) is 3.33. The number of hydrogen-bond donors (Lipinski definition) is 1. The van der Waals surface area contributed by atoms with Crippen LogP contribution in [0, 0.1) is 5.82 Å². The van der Waals surface area contributed by atoms with E-state index in [1.54, 1.807) is 7.05 Å². The van der Waals surface area contributed by atoms with E-state index in [-0.39, 0.29) is 5.91 Å². The highest BCUT2D eigenvalue weighted by Crippen LogP contribution is 2.36. The predicted octanol–water partition coefficient (Wildman–Crippen LogP) is 1.83. The fourth-order valence-electron chi connectivity index (χ4n) is 1.94. The van der Waals surface area contributed by atoms with Gasteiger partial charge in [0.2, 0.25) is 0 Å². The van der Waals surface area contributed by atoms with Crippen molar-refractivity contribution in [3.8, 4) is 5.75 Å². The number of phenols is 1. The molecule has 1 aromatic carbocycles. The molecule has 1 aromatic rings. The van der Waals surface area contributed by atoms with E-state index in [0.29, 0.717) is 17.8 Å². The molecule has 0 bridgehead atoms.